The highest BCUT2D eigenvalue weighted by Crippen LogP contribution is 2.29. The average molecular weight is 300 g/mol. The molecule has 22 heavy (non-hydrogen) atoms. The van der Waals surface area contributed by atoms with Gasteiger partial charge in [0.2, 0.25) is 0 Å². The fourth-order valence-corrected chi connectivity index (χ4v) is 2.58. The molecule has 1 N–H and O–H groups in total. The topological polar surface area (TPSA) is 51.2 Å². The molecule has 0 fully saturated rings. The van der Waals surface area contributed by atoms with Gasteiger partial charge in [-0.3, -0.25) is 9.78 Å². The van der Waals surface area contributed by atoms with Gasteiger partial charge in [-0.05, 0) is 43.2 Å². The third-order valence-electron chi connectivity index (χ3n) is 3.80. The second-order valence-electron chi connectivity index (χ2n) is 5.35. The van der Waals surface area contributed by atoms with Crippen molar-refractivity contribution in [2.75, 3.05) is 6.54 Å². The molecule has 0 saturated heterocycles. The number of carbonyl (C=O) groups is 1. The Kier molecular flexibility index (Phi) is 4.04. The van der Waals surface area contributed by atoms with Crippen molar-refractivity contribution in [3.05, 3.63) is 59.2 Å². The van der Waals surface area contributed by atoms with Crippen molar-refractivity contribution >= 4 is 5.91 Å². The summed E-state index contributed by atoms with van der Waals surface area (Å²) in [7, 11) is 0. The predicted octanol–water partition coefficient (Wildman–Crippen LogP) is 2.19. The summed E-state index contributed by atoms with van der Waals surface area (Å²) in [6.07, 6.45) is 2.30. The van der Waals surface area contributed by atoms with Crippen LogP contribution in [-0.4, -0.2) is 23.5 Å². The van der Waals surface area contributed by atoms with E-state index >= 15 is 0 Å². The third-order valence-corrected chi connectivity index (χ3v) is 3.80. The van der Waals surface area contributed by atoms with Crippen LogP contribution in [0.15, 0.2) is 36.5 Å². The second kappa shape index (κ2) is 6.13. The highest BCUT2D eigenvalue weighted by atomic mass is 19.1. The van der Waals surface area contributed by atoms with Crippen LogP contribution in [-0.2, 0) is 17.6 Å². The Hall–Kier alpha value is -2.43. The van der Waals surface area contributed by atoms with E-state index in [9.17, 15) is 9.18 Å². The summed E-state index contributed by atoms with van der Waals surface area (Å²) in [6.45, 7) is 2.47. The standard InChI is InChI=1S/C17H17FN2O2/c1-11-12(3-2-7-19-11)6-8-20-17(21)16-10-13-9-14(18)4-5-15(13)22-16/h2-5,7,9,16H,6,8,10H2,1H3,(H,20,21). The van der Waals surface area contributed by atoms with Crippen molar-refractivity contribution in [2.45, 2.75) is 25.9 Å². The van der Waals surface area contributed by atoms with Crippen LogP contribution >= 0.6 is 0 Å². The molecule has 0 radical (unpaired) electrons. The lowest BCUT2D eigenvalue weighted by atomic mass is 10.1. The van der Waals surface area contributed by atoms with Gasteiger partial charge < -0.3 is 10.1 Å². The first-order valence-electron chi connectivity index (χ1n) is 7.27. The van der Waals surface area contributed by atoms with Gasteiger partial charge in [-0.25, -0.2) is 4.39 Å². The molecule has 1 aromatic heterocycles. The molecule has 1 aliphatic rings. The molecule has 1 amide bonds. The molecule has 4 nitrogen and oxygen atoms in total. The first-order valence-corrected chi connectivity index (χ1v) is 7.27. The molecule has 114 valence electrons. The maximum absolute atomic E-state index is 13.2. The number of nitrogens with zero attached hydrogens (tertiary/aromatic N) is 1. The van der Waals surface area contributed by atoms with E-state index in [2.05, 4.69) is 10.3 Å². The zero-order valence-electron chi connectivity index (χ0n) is 12.3. The van der Waals surface area contributed by atoms with Gasteiger partial charge in [0.1, 0.15) is 11.6 Å². The summed E-state index contributed by atoms with van der Waals surface area (Å²) in [5.41, 5.74) is 2.82. The summed E-state index contributed by atoms with van der Waals surface area (Å²) in [6, 6.07) is 8.21. The number of halogens is 1. The van der Waals surface area contributed by atoms with Gasteiger partial charge in [-0.2, -0.15) is 0 Å². The number of hydrogen-bond acceptors (Lipinski definition) is 3. The van der Waals surface area contributed by atoms with Gasteiger partial charge in [0.15, 0.2) is 6.10 Å². The number of aryl methyl sites for hydroxylation is 1. The summed E-state index contributed by atoms with van der Waals surface area (Å²) >= 11 is 0. The van der Waals surface area contributed by atoms with Crippen LogP contribution in [0, 0.1) is 12.7 Å². The number of pyridine rings is 1. The van der Waals surface area contributed by atoms with E-state index in [0.717, 1.165) is 23.2 Å². The smallest absolute Gasteiger partial charge is 0.261 e. The Morgan fingerprint density at radius 3 is 3.14 bits per heavy atom. The first kappa shape index (κ1) is 14.5. The van der Waals surface area contributed by atoms with Gasteiger partial charge in [0.05, 0.1) is 0 Å². The molecule has 2 heterocycles. The van der Waals surface area contributed by atoms with Crippen LogP contribution in [0.4, 0.5) is 4.39 Å². The van der Waals surface area contributed by atoms with Crippen LogP contribution in [0.2, 0.25) is 0 Å². The number of benzene rings is 1. The van der Waals surface area contributed by atoms with E-state index in [1.165, 1.54) is 12.1 Å². The number of ether oxygens (including phenoxy) is 1. The Labute approximate surface area is 128 Å². The molecule has 1 aromatic carbocycles. The van der Waals surface area contributed by atoms with Crippen molar-refractivity contribution in [3.8, 4) is 5.75 Å². The Morgan fingerprint density at radius 2 is 2.32 bits per heavy atom. The minimum atomic E-state index is -0.577. The summed E-state index contributed by atoms with van der Waals surface area (Å²) in [5.74, 6) is 0.110. The zero-order valence-corrected chi connectivity index (χ0v) is 12.3. The van der Waals surface area contributed by atoms with Crippen molar-refractivity contribution in [2.24, 2.45) is 0 Å². The van der Waals surface area contributed by atoms with E-state index in [4.69, 9.17) is 4.74 Å². The van der Waals surface area contributed by atoms with E-state index in [1.807, 2.05) is 19.1 Å². The van der Waals surface area contributed by atoms with Crippen LogP contribution in [0.5, 0.6) is 5.75 Å². The molecule has 2 aromatic rings. The number of hydrogen-bond donors (Lipinski definition) is 1. The zero-order chi connectivity index (χ0) is 15.5. The third kappa shape index (κ3) is 3.08. The number of fused-ring (bicyclic) bond motifs is 1. The molecule has 3 rings (SSSR count). The van der Waals surface area contributed by atoms with Gasteiger partial charge >= 0.3 is 0 Å². The number of rotatable bonds is 4. The quantitative estimate of drug-likeness (QED) is 0.941. The SMILES string of the molecule is Cc1ncccc1CCNC(=O)C1Cc2cc(F)ccc2O1. The molecular weight excluding hydrogens is 283 g/mol. The molecule has 1 aliphatic heterocycles. The molecule has 0 aliphatic carbocycles. The summed E-state index contributed by atoms with van der Waals surface area (Å²) in [5, 5.41) is 2.86. The van der Waals surface area contributed by atoms with Crippen LogP contribution in [0.1, 0.15) is 16.8 Å². The van der Waals surface area contributed by atoms with Gasteiger partial charge in [-0.1, -0.05) is 6.07 Å². The Morgan fingerprint density at radius 1 is 1.45 bits per heavy atom. The predicted molar refractivity (Wildman–Crippen MR) is 80.2 cm³/mol. The number of amides is 1. The fraction of sp³-hybridized carbons (Fsp3) is 0.294. The molecular formula is C17H17FN2O2. The lowest BCUT2D eigenvalue weighted by Crippen LogP contribution is -2.38. The first-order chi connectivity index (χ1) is 10.6. The Balaban J connectivity index is 1.53. The van der Waals surface area contributed by atoms with Crippen molar-refractivity contribution < 1.29 is 13.9 Å². The van der Waals surface area contributed by atoms with Gasteiger partial charge in [-0.15, -0.1) is 0 Å². The maximum atomic E-state index is 13.2. The Bertz CT molecular complexity index is 703. The molecule has 5 heteroatoms. The minimum Gasteiger partial charge on any atom is -0.480 e. The monoisotopic (exact) mass is 300 g/mol. The summed E-state index contributed by atoms with van der Waals surface area (Å²) < 4.78 is 18.7. The lowest BCUT2D eigenvalue weighted by Gasteiger charge is -2.11. The highest BCUT2D eigenvalue weighted by Gasteiger charge is 2.29. The fourth-order valence-electron chi connectivity index (χ4n) is 2.58. The van der Waals surface area contributed by atoms with Crippen LogP contribution < -0.4 is 10.1 Å². The van der Waals surface area contributed by atoms with Gasteiger partial charge in [0.25, 0.3) is 5.91 Å². The van der Waals surface area contributed by atoms with Crippen LogP contribution in [0.25, 0.3) is 0 Å². The van der Waals surface area contributed by atoms with Crippen molar-refractivity contribution in [1.29, 1.82) is 0 Å². The van der Waals surface area contributed by atoms with E-state index in [0.29, 0.717) is 18.7 Å². The number of aromatic nitrogens is 1. The highest BCUT2D eigenvalue weighted by molar-refractivity contribution is 5.82. The van der Waals surface area contributed by atoms with Crippen molar-refractivity contribution in [1.82, 2.24) is 10.3 Å². The molecule has 1 atom stereocenters. The second-order valence-corrected chi connectivity index (χ2v) is 5.35. The minimum absolute atomic E-state index is 0.168. The molecule has 1 unspecified atom stereocenters. The van der Waals surface area contributed by atoms with Crippen LogP contribution in [0.3, 0.4) is 0 Å². The largest absolute Gasteiger partial charge is 0.480 e. The lowest BCUT2D eigenvalue weighted by molar-refractivity contribution is -0.127. The number of carbonyl (C=O) groups excluding carboxylic acids is 1. The van der Waals surface area contributed by atoms with E-state index in [1.54, 1.807) is 12.3 Å². The molecule has 0 saturated carbocycles. The molecule has 0 bridgehead atoms. The van der Waals surface area contributed by atoms with E-state index in [-0.39, 0.29) is 11.7 Å². The molecule has 0 spiro atoms. The number of nitrogens with one attached hydrogen (secondary N) is 1. The van der Waals surface area contributed by atoms with Crippen molar-refractivity contribution in [3.63, 3.8) is 0 Å². The maximum Gasteiger partial charge on any atom is 0.261 e. The van der Waals surface area contributed by atoms with E-state index < -0.39 is 6.10 Å². The average Bonchev–Trinajstić information content (AvgIpc) is 2.92. The summed E-state index contributed by atoms with van der Waals surface area (Å²) in [4.78, 5) is 16.3. The van der Waals surface area contributed by atoms with Gasteiger partial charge in [0, 0.05) is 30.4 Å². The normalized spacial score (nSPS) is 16.0.